The van der Waals surface area contributed by atoms with Crippen LogP contribution in [0.2, 0.25) is 0 Å². The zero-order valence-electron chi connectivity index (χ0n) is 19.4. The zero-order valence-corrected chi connectivity index (χ0v) is 19.4. The molecule has 2 amide bonds. The number of phenolic OH excluding ortho intramolecular Hbond substituents is 1. The van der Waals surface area contributed by atoms with Crippen LogP contribution in [0.25, 0.3) is 6.08 Å². The number of ether oxygens (including phenoxy) is 3. The lowest BCUT2D eigenvalue weighted by Gasteiger charge is -2.17. The van der Waals surface area contributed by atoms with Gasteiger partial charge in [0, 0.05) is 26.1 Å². The number of nitro benzene ring substituents is 1. The largest absolute Gasteiger partial charge is 0.514 e. The van der Waals surface area contributed by atoms with E-state index >= 15 is 0 Å². The van der Waals surface area contributed by atoms with E-state index in [-0.39, 0.29) is 11.1 Å². The first-order valence-corrected chi connectivity index (χ1v) is 10.1. The average molecular weight is 492 g/mol. The van der Waals surface area contributed by atoms with Crippen molar-refractivity contribution in [1.82, 2.24) is 10.2 Å². The van der Waals surface area contributed by atoms with E-state index in [1.807, 2.05) is 0 Å². The Morgan fingerprint density at radius 3 is 2.40 bits per heavy atom. The Kier molecular flexibility index (Phi) is 10.6. The summed E-state index contributed by atoms with van der Waals surface area (Å²) in [4.78, 5) is 59.2. The lowest BCUT2D eigenvalue weighted by Crippen LogP contribution is -2.44. The number of esters is 1. The second-order valence-electron chi connectivity index (χ2n) is 6.73. The first kappa shape index (κ1) is 28.4. The third-order valence-electron chi connectivity index (χ3n) is 4.41. The van der Waals surface area contributed by atoms with Crippen molar-refractivity contribution in [1.29, 1.82) is 5.26 Å². The van der Waals surface area contributed by atoms with E-state index in [0.29, 0.717) is 13.1 Å². The van der Waals surface area contributed by atoms with Crippen LogP contribution >= 0.6 is 0 Å². The molecule has 1 rings (SSSR count). The van der Waals surface area contributed by atoms with E-state index in [0.717, 1.165) is 32.2 Å². The van der Waals surface area contributed by atoms with Crippen LogP contribution in [0.5, 0.6) is 11.5 Å². The van der Waals surface area contributed by atoms with Gasteiger partial charge in [0.2, 0.25) is 11.7 Å². The summed E-state index contributed by atoms with van der Waals surface area (Å²) < 4.78 is 14.0. The predicted molar refractivity (Wildman–Crippen MR) is 118 cm³/mol. The molecule has 0 spiro atoms. The quantitative estimate of drug-likeness (QED) is 0.119. The maximum absolute atomic E-state index is 12.5. The number of nitrogens with zero attached hydrogens (tertiary/aromatic N) is 3. The molecule has 0 radical (unpaired) electrons. The van der Waals surface area contributed by atoms with E-state index < -0.39 is 58.7 Å². The molecule has 0 saturated heterocycles. The number of nitrogens with one attached hydrogen (secondary N) is 1. The van der Waals surface area contributed by atoms with E-state index in [2.05, 4.69) is 10.1 Å². The molecule has 1 aromatic carbocycles. The molecule has 0 aromatic heterocycles. The Labute approximate surface area is 199 Å². The molecule has 1 unspecified atom stereocenters. The Morgan fingerprint density at radius 2 is 1.91 bits per heavy atom. The molecule has 35 heavy (non-hydrogen) atoms. The average Bonchev–Trinajstić information content (AvgIpc) is 2.81. The van der Waals surface area contributed by atoms with Crippen molar-refractivity contribution >= 4 is 35.7 Å². The number of amides is 2. The highest BCUT2D eigenvalue weighted by Crippen LogP contribution is 2.38. The van der Waals surface area contributed by atoms with Gasteiger partial charge in [-0.3, -0.25) is 19.7 Å². The summed E-state index contributed by atoms with van der Waals surface area (Å²) in [7, 11) is 1.05. The first-order chi connectivity index (χ1) is 16.5. The number of phenols is 1. The molecule has 188 valence electrons. The maximum atomic E-state index is 12.5. The fourth-order valence-electron chi connectivity index (χ4n) is 2.73. The summed E-state index contributed by atoms with van der Waals surface area (Å²) in [6, 6.07) is 2.21. The topological polar surface area (TPSA) is 198 Å². The highest BCUT2D eigenvalue weighted by atomic mass is 16.7. The number of carbonyl (C=O) groups excluding carboxylic acids is 4. The lowest BCUT2D eigenvalue weighted by molar-refractivity contribution is -0.385. The predicted octanol–water partition coefficient (Wildman–Crippen LogP) is 1.27. The summed E-state index contributed by atoms with van der Waals surface area (Å²) in [6.07, 6.45) is -0.440. The van der Waals surface area contributed by atoms with Gasteiger partial charge in [-0.05, 0) is 31.6 Å². The normalized spacial score (nSPS) is 11.5. The lowest BCUT2D eigenvalue weighted by atomic mass is 10.1. The number of hydrogen-bond donors (Lipinski definition) is 2. The molecule has 2 N–H and O–H groups in total. The summed E-state index contributed by atoms with van der Waals surface area (Å²) in [6.45, 7) is 4.45. The fraction of sp³-hybridized carbons (Fsp3) is 0.381. The van der Waals surface area contributed by atoms with Crippen LogP contribution in [0.4, 0.5) is 10.5 Å². The van der Waals surface area contributed by atoms with E-state index in [4.69, 9.17) is 9.47 Å². The zero-order chi connectivity index (χ0) is 26.7. The Bertz CT molecular complexity index is 1070. The summed E-state index contributed by atoms with van der Waals surface area (Å²) in [5.41, 5.74) is -1.32. The molecular weight excluding hydrogens is 468 g/mol. The van der Waals surface area contributed by atoms with Crippen LogP contribution in [0, 0.1) is 21.4 Å². The third kappa shape index (κ3) is 8.00. The Morgan fingerprint density at radius 1 is 1.29 bits per heavy atom. The SMILES string of the molecule is CCN(CC)C(=O)C(C#N)=Cc1cc(OC(=O)OCC(NC(C)=O)C(=O)OC)c(O)c([N+](=O)[O-])c1. The Balaban J connectivity index is 3.26. The molecule has 0 heterocycles. The molecule has 1 atom stereocenters. The van der Waals surface area contributed by atoms with Crippen LogP contribution in [0.3, 0.4) is 0 Å². The van der Waals surface area contributed by atoms with Gasteiger partial charge in [0.1, 0.15) is 18.2 Å². The molecule has 14 nitrogen and oxygen atoms in total. The van der Waals surface area contributed by atoms with Crippen molar-refractivity contribution in [2.75, 3.05) is 26.8 Å². The number of methoxy groups -OCH3 is 1. The van der Waals surface area contributed by atoms with Crippen molar-refractivity contribution < 1.29 is 43.4 Å². The van der Waals surface area contributed by atoms with E-state index in [9.17, 15) is 39.7 Å². The number of aromatic hydroxyl groups is 1. The number of hydrogen-bond acceptors (Lipinski definition) is 11. The van der Waals surface area contributed by atoms with Gasteiger partial charge in [-0.2, -0.15) is 5.26 Å². The molecule has 1 aromatic rings. The molecule has 0 bridgehead atoms. The van der Waals surface area contributed by atoms with Crippen molar-refractivity contribution in [3.63, 3.8) is 0 Å². The van der Waals surface area contributed by atoms with Gasteiger partial charge in [0.05, 0.1) is 12.0 Å². The number of benzene rings is 1. The molecule has 0 saturated carbocycles. The van der Waals surface area contributed by atoms with Gasteiger partial charge in [-0.15, -0.1) is 0 Å². The van der Waals surface area contributed by atoms with Gasteiger partial charge >= 0.3 is 17.8 Å². The van der Waals surface area contributed by atoms with Crippen LogP contribution in [-0.2, 0) is 23.9 Å². The Hall–Kier alpha value is -4.67. The van der Waals surface area contributed by atoms with Crippen molar-refractivity contribution in [2.24, 2.45) is 0 Å². The number of nitro groups is 1. The summed E-state index contributed by atoms with van der Waals surface area (Å²) in [5.74, 6) is -3.89. The van der Waals surface area contributed by atoms with E-state index in [1.165, 1.54) is 4.90 Å². The maximum Gasteiger partial charge on any atom is 0.514 e. The highest BCUT2D eigenvalue weighted by Gasteiger charge is 2.26. The summed E-state index contributed by atoms with van der Waals surface area (Å²) in [5, 5.41) is 33.1. The highest BCUT2D eigenvalue weighted by molar-refractivity contribution is 6.01. The molecule has 14 heteroatoms. The van der Waals surface area contributed by atoms with Gasteiger partial charge in [0.15, 0.2) is 11.8 Å². The minimum absolute atomic E-state index is 0.0972. The summed E-state index contributed by atoms with van der Waals surface area (Å²) >= 11 is 0. The minimum Gasteiger partial charge on any atom is -0.499 e. The number of rotatable bonds is 10. The minimum atomic E-state index is -1.48. The third-order valence-corrected chi connectivity index (χ3v) is 4.41. The molecule has 0 aliphatic heterocycles. The van der Waals surface area contributed by atoms with Gasteiger partial charge in [0.25, 0.3) is 5.91 Å². The van der Waals surface area contributed by atoms with Crippen molar-refractivity contribution in [3.8, 4) is 17.6 Å². The molecule has 0 aliphatic rings. The van der Waals surface area contributed by atoms with E-state index in [1.54, 1.807) is 19.9 Å². The standard InChI is InChI=1S/C21H24N4O10/c1-5-24(6-2)19(28)14(10-22)7-13-8-16(25(31)32)18(27)17(9-13)35-21(30)34-11-15(20(29)33-4)23-12(3)26/h7-9,15,27H,5-6,11H2,1-4H3,(H,23,26). The second-order valence-corrected chi connectivity index (χ2v) is 6.73. The second kappa shape index (κ2) is 13.1. The van der Waals surface area contributed by atoms with Crippen molar-refractivity contribution in [2.45, 2.75) is 26.8 Å². The van der Waals surface area contributed by atoms with Crippen LogP contribution in [0.15, 0.2) is 17.7 Å². The number of likely N-dealkylation sites (N-methyl/N-ethyl adjacent to an activating group) is 1. The number of carbonyl (C=O) groups is 4. The monoisotopic (exact) mass is 492 g/mol. The van der Waals surface area contributed by atoms with Crippen LogP contribution in [-0.4, -0.2) is 71.7 Å². The van der Waals surface area contributed by atoms with Gasteiger partial charge in [-0.1, -0.05) is 0 Å². The molecular formula is C21H24N4O10. The van der Waals surface area contributed by atoms with Gasteiger partial charge in [-0.25, -0.2) is 9.59 Å². The molecule has 0 aliphatic carbocycles. The van der Waals surface area contributed by atoms with Crippen LogP contribution < -0.4 is 10.1 Å². The van der Waals surface area contributed by atoms with Crippen molar-refractivity contribution in [3.05, 3.63) is 33.4 Å². The number of nitriles is 1. The fourth-order valence-corrected chi connectivity index (χ4v) is 2.73. The van der Waals surface area contributed by atoms with Gasteiger partial charge < -0.3 is 29.5 Å². The molecule has 0 fully saturated rings. The first-order valence-electron chi connectivity index (χ1n) is 10.1. The van der Waals surface area contributed by atoms with Crippen LogP contribution in [0.1, 0.15) is 26.3 Å². The smallest absolute Gasteiger partial charge is 0.499 e.